The maximum atomic E-state index is 4.24. The number of H-pyrrole nitrogens is 1. The predicted molar refractivity (Wildman–Crippen MR) is 57.7 cm³/mol. The van der Waals surface area contributed by atoms with Crippen molar-refractivity contribution < 1.29 is 0 Å². The summed E-state index contributed by atoms with van der Waals surface area (Å²) in [5.41, 5.74) is 0. The van der Waals surface area contributed by atoms with Gasteiger partial charge in [0.1, 0.15) is 18.5 Å². The number of hydrogen-bond acceptors (Lipinski definition) is 6. The van der Waals surface area contributed by atoms with Crippen molar-refractivity contribution in [3.05, 3.63) is 18.5 Å². The summed E-state index contributed by atoms with van der Waals surface area (Å²) in [4.78, 5) is 6.63. The smallest absolute Gasteiger partial charge is 0.141 e. The van der Waals surface area contributed by atoms with E-state index in [9.17, 15) is 0 Å². The summed E-state index contributed by atoms with van der Waals surface area (Å²) in [6.45, 7) is 2.82. The highest BCUT2D eigenvalue weighted by molar-refractivity contribution is 4.95. The largest absolute Gasteiger partial charge is 0.292 e. The standard InChI is InChI=1S/C9H14N8/c1-2-8(9-10-6-11-13-9)16(3-1)4-5-17-7-12-14-15-17/h6-8H,1-5H2,(H,10,11,13)/t8-/m0/s1. The van der Waals surface area contributed by atoms with Gasteiger partial charge in [-0.05, 0) is 29.8 Å². The molecule has 8 nitrogen and oxygen atoms in total. The Bertz CT molecular complexity index is 436. The second-order valence-electron chi connectivity index (χ2n) is 4.14. The summed E-state index contributed by atoms with van der Waals surface area (Å²) in [7, 11) is 0. The molecule has 1 fully saturated rings. The Morgan fingerprint density at radius 3 is 3.18 bits per heavy atom. The Hall–Kier alpha value is -1.83. The molecule has 0 unspecified atom stereocenters. The number of hydrogen-bond donors (Lipinski definition) is 1. The average molecular weight is 234 g/mol. The van der Waals surface area contributed by atoms with E-state index in [-0.39, 0.29) is 0 Å². The second kappa shape index (κ2) is 4.58. The third-order valence-electron chi connectivity index (χ3n) is 3.12. The van der Waals surface area contributed by atoms with Crippen molar-refractivity contribution in [3.8, 4) is 0 Å². The molecule has 0 spiro atoms. The van der Waals surface area contributed by atoms with Crippen molar-refractivity contribution in [1.82, 2.24) is 40.3 Å². The number of aromatic nitrogens is 7. The van der Waals surface area contributed by atoms with Crippen LogP contribution in [-0.2, 0) is 6.54 Å². The maximum absolute atomic E-state index is 4.24. The molecule has 0 radical (unpaired) electrons. The molecule has 2 aromatic heterocycles. The van der Waals surface area contributed by atoms with Gasteiger partial charge in [-0.2, -0.15) is 5.10 Å². The summed E-state index contributed by atoms with van der Waals surface area (Å²) >= 11 is 0. The third-order valence-corrected chi connectivity index (χ3v) is 3.12. The van der Waals surface area contributed by atoms with Crippen molar-refractivity contribution in [3.63, 3.8) is 0 Å². The van der Waals surface area contributed by atoms with Gasteiger partial charge in [0.2, 0.25) is 0 Å². The Morgan fingerprint density at radius 2 is 2.41 bits per heavy atom. The van der Waals surface area contributed by atoms with Crippen LogP contribution in [0.25, 0.3) is 0 Å². The molecule has 0 amide bonds. The topological polar surface area (TPSA) is 88.4 Å². The van der Waals surface area contributed by atoms with Gasteiger partial charge in [-0.1, -0.05) is 0 Å². The van der Waals surface area contributed by atoms with Crippen LogP contribution < -0.4 is 0 Å². The van der Waals surface area contributed by atoms with Crippen LogP contribution in [-0.4, -0.2) is 53.4 Å². The minimum absolute atomic E-state index is 0.356. The summed E-state index contributed by atoms with van der Waals surface area (Å²) in [5, 5.41) is 18.0. The predicted octanol–water partition coefficient (Wildman–Crippen LogP) is -0.372. The van der Waals surface area contributed by atoms with Crippen LogP contribution in [0.3, 0.4) is 0 Å². The monoisotopic (exact) mass is 234 g/mol. The molecule has 1 atom stereocenters. The second-order valence-corrected chi connectivity index (χ2v) is 4.14. The minimum Gasteiger partial charge on any atom is -0.292 e. The molecule has 1 aliphatic rings. The molecule has 3 rings (SSSR count). The molecule has 8 heteroatoms. The van der Waals surface area contributed by atoms with Gasteiger partial charge in [0.15, 0.2) is 0 Å². The van der Waals surface area contributed by atoms with E-state index in [4.69, 9.17) is 0 Å². The zero-order chi connectivity index (χ0) is 11.5. The summed E-state index contributed by atoms with van der Waals surface area (Å²) < 4.78 is 1.75. The Labute approximate surface area is 98.0 Å². The van der Waals surface area contributed by atoms with Gasteiger partial charge in [-0.25, -0.2) is 9.67 Å². The van der Waals surface area contributed by atoms with E-state index in [1.807, 2.05) is 0 Å². The van der Waals surface area contributed by atoms with Crippen LogP contribution in [0.15, 0.2) is 12.7 Å². The van der Waals surface area contributed by atoms with E-state index in [1.165, 1.54) is 6.42 Å². The number of rotatable bonds is 4. The molecule has 0 aromatic carbocycles. The highest BCUT2D eigenvalue weighted by Crippen LogP contribution is 2.28. The molecule has 0 saturated carbocycles. The van der Waals surface area contributed by atoms with Crippen LogP contribution >= 0.6 is 0 Å². The van der Waals surface area contributed by atoms with Gasteiger partial charge >= 0.3 is 0 Å². The van der Waals surface area contributed by atoms with E-state index < -0.39 is 0 Å². The molecular weight excluding hydrogens is 220 g/mol. The highest BCUT2D eigenvalue weighted by atomic mass is 15.5. The first-order valence-electron chi connectivity index (χ1n) is 5.73. The molecule has 3 heterocycles. The summed E-state index contributed by atoms with van der Waals surface area (Å²) in [5.74, 6) is 0.958. The van der Waals surface area contributed by atoms with E-state index in [1.54, 1.807) is 17.3 Å². The first kappa shape index (κ1) is 10.3. The quantitative estimate of drug-likeness (QED) is 0.776. The molecule has 90 valence electrons. The van der Waals surface area contributed by atoms with Crippen LogP contribution in [0, 0.1) is 0 Å². The van der Waals surface area contributed by atoms with Crippen molar-refractivity contribution in [2.24, 2.45) is 0 Å². The molecule has 1 saturated heterocycles. The van der Waals surface area contributed by atoms with Gasteiger partial charge in [-0.3, -0.25) is 10.00 Å². The lowest BCUT2D eigenvalue weighted by Gasteiger charge is -2.21. The Kier molecular flexibility index (Phi) is 2.78. The van der Waals surface area contributed by atoms with Gasteiger partial charge in [0, 0.05) is 6.54 Å². The van der Waals surface area contributed by atoms with Crippen molar-refractivity contribution in [2.75, 3.05) is 13.1 Å². The van der Waals surface area contributed by atoms with Gasteiger partial charge in [0.25, 0.3) is 0 Å². The normalized spacial score (nSPS) is 21.1. The first-order valence-corrected chi connectivity index (χ1v) is 5.73. The number of likely N-dealkylation sites (tertiary alicyclic amines) is 1. The van der Waals surface area contributed by atoms with Gasteiger partial charge in [0.05, 0.1) is 12.6 Å². The van der Waals surface area contributed by atoms with Crippen LogP contribution in [0.4, 0.5) is 0 Å². The van der Waals surface area contributed by atoms with E-state index in [0.29, 0.717) is 6.04 Å². The van der Waals surface area contributed by atoms with Crippen LogP contribution in [0.1, 0.15) is 24.7 Å². The van der Waals surface area contributed by atoms with Gasteiger partial charge < -0.3 is 0 Å². The molecule has 17 heavy (non-hydrogen) atoms. The maximum Gasteiger partial charge on any atom is 0.141 e. The minimum atomic E-state index is 0.356. The lowest BCUT2D eigenvalue weighted by molar-refractivity contribution is 0.234. The fourth-order valence-electron chi connectivity index (χ4n) is 2.29. The molecule has 0 bridgehead atoms. The zero-order valence-corrected chi connectivity index (χ0v) is 9.40. The molecule has 0 aliphatic carbocycles. The van der Waals surface area contributed by atoms with Gasteiger partial charge in [-0.15, -0.1) is 5.10 Å². The Morgan fingerprint density at radius 1 is 1.41 bits per heavy atom. The van der Waals surface area contributed by atoms with Crippen molar-refractivity contribution >= 4 is 0 Å². The molecular formula is C9H14N8. The highest BCUT2D eigenvalue weighted by Gasteiger charge is 2.27. The number of aromatic amines is 1. The Balaban J connectivity index is 1.62. The fourth-order valence-corrected chi connectivity index (χ4v) is 2.29. The lowest BCUT2D eigenvalue weighted by atomic mass is 10.2. The zero-order valence-electron chi connectivity index (χ0n) is 9.40. The molecule has 1 aliphatic heterocycles. The van der Waals surface area contributed by atoms with E-state index in [2.05, 4.69) is 35.6 Å². The van der Waals surface area contributed by atoms with E-state index in [0.717, 1.165) is 31.9 Å². The van der Waals surface area contributed by atoms with Crippen molar-refractivity contribution in [1.29, 1.82) is 0 Å². The lowest BCUT2D eigenvalue weighted by Crippen LogP contribution is -2.28. The number of nitrogens with one attached hydrogen (secondary N) is 1. The average Bonchev–Trinajstić information content (AvgIpc) is 3.09. The van der Waals surface area contributed by atoms with E-state index >= 15 is 0 Å². The summed E-state index contributed by atoms with van der Waals surface area (Å²) in [6, 6.07) is 0.356. The fraction of sp³-hybridized carbons (Fsp3) is 0.667. The summed E-state index contributed by atoms with van der Waals surface area (Å²) in [6.07, 6.45) is 5.53. The first-order chi connectivity index (χ1) is 8.43. The number of tetrazole rings is 1. The number of nitrogens with zero attached hydrogens (tertiary/aromatic N) is 7. The van der Waals surface area contributed by atoms with Crippen LogP contribution in [0.5, 0.6) is 0 Å². The molecule has 1 N–H and O–H groups in total. The van der Waals surface area contributed by atoms with Crippen LogP contribution in [0.2, 0.25) is 0 Å². The van der Waals surface area contributed by atoms with Crippen molar-refractivity contribution in [2.45, 2.75) is 25.4 Å². The SMILES string of the molecule is c1n[nH]c([C@@H]2CCCN2CCn2cnnn2)n1. The third kappa shape index (κ3) is 2.16. The molecule has 2 aromatic rings.